The third-order valence-corrected chi connectivity index (χ3v) is 3.19. The monoisotopic (exact) mass is 379 g/mol. The van der Waals surface area contributed by atoms with E-state index >= 15 is 0 Å². The van der Waals surface area contributed by atoms with Crippen molar-refractivity contribution in [3.8, 4) is 5.88 Å². The van der Waals surface area contributed by atoms with Crippen LogP contribution < -0.4 is 4.74 Å². The van der Waals surface area contributed by atoms with Crippen LogP contribution in [0.4, 0.5) is 26.3 Å². The molecule has 26 heavy (non-hydrogen) atoms. The molecule has 0 aliphatic heterocycles. The smallest absolute Gasteiger partial charge is 0.434 e. The quantitative estimate of drug-likeness (QED) is 0.580. The molecule has 2 aromatic rings. The molecule has 0 fully saturated rings. The first-order valence-electron chi connectivity index (χ1n) is 6.98. The minimum Gasteiger partial charge on any atom is -0.473 e. The molecule has 0 amide bonds. The number of ether oxygens (including phenoxy) is 2. The van der Waals surface area contributed by atoms with Gasteiger partial charge in [-0.3, -0.25) is 0 Å². The Kier molecular flexibility index (Phi) is 5.43. The fraction of sp³-hybridized carbons (Fsp3) is 0.250. The molecule has 0 unspecified atom stereocenters. The van der Waals surface area contributed by atoms with E-state index in [1.54, 1.807) is 30.3 Å². The van der Waals surface area contributed by atoms with Gasteiger partial charge in [0, 0.05) is 6.07 Å². The van der Waals surface area contributed by atoms with Gasteiger partial charge in [0.1, 0.15) is 12.2 Å². The molecule has 0 aliphatic carbocycles. The average molecular weight is 379 g/mol. The summed E-state index contributed by atoms with van der Waals surface area (Å²) in [7, 11) is 0.669. The fourth-order valence-corrected chi connectivity index (χ4v) is 2.06. The van der Waals surface area contributed by atoms with E-state index in [1.165, 1.54) is 0 Å². The molecular formula is C16H11F6NO3. The lowest BCUT2D eigenvalue weighted by atomic mass is 10.1. The highest BCUT2D eigenvalue weighted by Crippen LogP contribution is 2.40. The van der Waals surface area contributed by atoms with E-state index in [0.717, 1.165) is 0 Å². The number of aromatic nitrogens is 1. The van der Waals surface area contributed by atoms with Crippen molar-refractivity contribution in [2.45, 2.75) is 19.0 Å². The highest BCUT2D eigenvalue weighted by Gasteiger charge is 2.45. The van der Waals surface area contributed by atoms with Crippen LogP contribution in [-0.4, -0.2) is 18.1 Å². The lowest BCUT2D eigenvalue weighted by Crippen LogP contribution is -2.23. The van der Waals surface area contributed by atoms with Crippen molar-refractivity contribution < 1.29 is 40.6 Å². The van der Waals surface area contributed by atoms with Crippen LogP contribution in [0.25, 0.3) is 0 Å². The first-order valence-corrected chi connectivity index (χ1v) is 6.98. The van der Waals surface area contributed by atoms with Gasteiger partial charge < -0.3 is 9.47 Å². The minimum atomic E-state index is -5.32. The first-order chi connectivity index (χ1) is 12.0. The van der Waals surface area contributed by atoms with Crippen LogP contribution in [0.3, 0.4) is 0 Å². The number of alkyl halides is 6. The van der Waals surface area contributed by atoms with Crippen molar-refractivity contribution in [1.29, 1.82) is 0 Å². The fourth-order valence-electron chi connectivity index (χ4n) is 2.06. The summed E-state index contributed by atoms with van der Waals surface area (Å²) in [5.41, 5.74) is -5.06. The number of halogens is 6. The van der Waals surface area contributed by atoms with E-state index in [-0.39, 0.29) is 12.7 Å². The molecule has 1 aromatic carbocycles. The zero-order valence-electron chi connectivity index (χ0n) is 13.1. The van der Waals surface area contributed by atoms with Gasteiger partial charge in [-0.2, -0.15) is 26.3 Å². The summed E-state index contributed by atoms with van der Waals surface area (Å²) >= 11 is 0. The van der Waals surface area contributed by atoms with E-state index in [4.69, 9.17) is 4.74 Å². The second-order valence-corrected chi connectivity index (χ2v) is 4.99. The Labute approximate surface area is 143 Å². The molecular weight excluding hydrogens is 368 g/mol. The minimum absolute atomic E-state index is 0.241. The predicted octanol–water partition coefficient (Wildman–Crippen LogP) is 4.48. The van der Waals surface area contributed by atoms with Crippen molar-refractivity contribution >= 4 is 5.97 Å². The number of carbonyl (C=O) groups excluding carboxylic acids is 1. The summed E-state index contributed by atoms with van der Waals surface area (Å²) in [5, 5.41) is 0. The standard InChI is InChI=1S/C16H11F6NO3/c1-25-14(24)12-10(15(17,18)19)7-11(23-13(12)16(20,21)22)26-8-9-5-3-2-4-6-9/h2-7H,8H2,1H3. The van der Waals surface area contributed by atoms with Crippen LogP contribution >= 0.6 is 0 Å². The Balaban J connectivity index is 2.55. The Morgan fingerprint density at radius 2 is 1.65 bits per heavy atom. The van der Waals surface area contributed by atoms with Gasteiger partial charge in [-0.15, -0.1) is 0 Å². The number of methoxy groups -OCH3 is 1. The van der Waals surface area contributed by atoms with Gasteiger partial charge in [-0.05, 0) is 5.56 Å². The van der Waals surface area contributed by atoms with Crippen LogP contribution in [-0.2, 0) is 23.7 Å². The normalized spacial score (nSPS) is 12.0. The zero-order valence-corrected chi connectivity index (χ0v) is 13.1. The van der Waals surface area contributed by atoms with Crippen LogP contribution in [0.15, 0.2) is 36.4 Å². The number of nitrogens with zero attached hydrogens (tertiary/aromatic N) is 1. The van der Waals surface area contributed by atoms with Crippen molar-refractivity contribution in [2.75, 3.05) is 7.11 Å². The van der Waals surface area contributed by atoms with Crippen molar-refractivity contribution in [3.05, 3.63) is 58.8 Å². The maximum atomic E-state index is 13.2. The van der Waals surface area contributed by atoms with Crippen molar-refractivity contribution in [2.24, 2.45) is 0 Å². The maximum absolute atomic E-state index is 13.2. The van der Waals surface area contributed by atoms with E-state index < -0.39 is 41.0 Å². The molecule has 0 spiro atoms. The third kappa shape index (κ3) is 4.44. The number of hydrogen-bond donors (Lipinski definition) is 0. The van der Waals surface area contributed by atoms with E-state index in [0.29, 0.717) is 12.7 Å². The summed E-state index contributed by atoms with van der Waals surface area (Å²) in [6, 6.07) is 8.29. The van der Waals surface area contributed by atoms with Gasteiger partial charge >= 0.3 is 18.3 Å². The number of benzene rings is 1. The molecule has 2 rings (SSSR count). The highest BCUT2D eigenvalue weighted by atomic mass is 19.4. The molecule has 0 aliphatic rings. The Hall–Kier alpha value is -2.78. The maximum Gasteiger partial charge on any atom is 0.434 e. The summed E-state index contributed by atoms with van der Waals surface area (Å²) in [6.07, 6.45) is -10.6. The topological polar surface area (TPSA) is 48.4 Å². The van der Waals surface area contributed by atoms with E-state index in [2.05, 4.69) is 9.72 Å². The Morgan fingerprint density at radius 3 is 2.15 bits per heavy atom. The number of esters is 1. The molecule has 0 atom stereocenters. The second-order valence-electron chi connectivity index (χ2n) is 4.99. The molecule has 0 N–H and O–H groups in total. The molecule has 1 heterocycles. The van der Waals surface area contributed by atoms with Gasteiger partial charge in [0.2, 0.25) is 5.88 Å². The zero-order chi connectivity index (χ0) is 19.5. The second kappa shape index (κ2) is 7.22. The molecule has 0 bridgehead atoms. The summed E-state index contributed by atoms with van der Waals surface area (Å²) in [6.45, 7) is -0.306. The lowest BCUT2D eigenvalue weighted by molar-refractivity contribution is -0.147. The van der Waals surface area contributed by atoms with Gasteiger partial charge in [-0.25, -0.2) is 9.78 Å². The lowest BCUT2D eigenvalue weighted by Gasteiger charge is -2.18. The molecule has 140 valence electrons. The Morgan fingerprint density at radius 1 is 1.04 bits per heavy atom. The number of pyridine rings is 1. The third-order valence-electron chi connectivity index (χ3n) is 3.19. The van der Waals surface area contributed by atoms with Crippen molar-refractivity contribution in [1.82, 2.24) is 4.98 Å². The number of hydrogen-bond acceptors (Lipinski definition) is 4. The number of rotatable bonds is 4. The largest absolute Gasteiger partial charge is 0.473 e. The summed E-state index contributed by atoms with van der Waals surface area (Å²) < 4.78 is 88.1. The molecule has 0 radical (unpaired) electrons. The first kappa shape index (κ1) is 19.5. The highest BCUT2D eigenvalue weighted by molar-refractivity contribution is 5.92. The molecule has 10 heteroatoms. The van der Waals surface area contributed by atoms with Crippen LogP contribution in [0, 0.1) is 0 Å². The summed E-state index contributed by atoms with van der Waals surface area (Å²) in [5.74, 6) is -2.71. The number of carbonyl (C=O) groups is 1. The van der Waals surface area contributed by atoms with Crippen LogP contribution in [0.2, 0.25) is 0 Å². The molecule has 0 saturated heterocycles. The van der Waals surface area contributed by atoms with E-state index in [1.807, 2.05) is 0 Å². The molecule has 4 nitrogen and oxygen atoms in total. The van der Waals surface area contributed by atoms with Gasteiger partial charge in [0.05, 0.1) is 12.7 Å². The molecule has 0 saturated carbocycles. The van der Waals surface area contributed by atoms with Crippen LogP contribution in [0.1, 0.15) is 27.2 Å². The van der Waals surface area contributed by atoms with Crippen molar-refractivity contribution in [3.63, 3.8) is 0 Å². The van der Waals surface area contributed by atoms with Crippen LogP contribution in [0.5, 0.6) is 5.88 Å². The predicted molar refractivity (Wildman–Crippen MR) is 76.4 cm³/mol. The summed E-state index contributed by atoms with van der Waals surface area (Å²) in [4.78, 5) is 14.6. The van der Waals surface area contributed by atoms with Gasteiger partial charge in [-0.1, -0.05) is 30.3 Å². The molecule has 1 aromatic heterocycles. The Bertz CT molecular complexity index is 752. The van der Waals surface area contributed by atoms with Gasteiger partial charge in [0.15, 0.2) is 5.69 Å². The average Bonchev–Trinajstić information content (AvgIpc) is 2.57. The van der Waals surface area contributed by atoms with E-state index in [9.17, 15) is 31.1 Å². The van der Waals surface area contributed by atoms with Gasteiger partial charge in [0.25, 0.3) is 0 Å². The SMILES string of the molecule is COC(=O)c1c(C(F)(F)F)cc(OCc2ccccc2)nc1C(F)(F)F.